The summed E-state index contributed by atoms with van der Waals surface area (Å²) in [6.07, 6.45) is 0. The Morgan fingerprint density at radius 2 is 1.84 bits per heavy atom. The number of carbonyl (C=O) groups is 2. The molecule has 0 saturated carbocycles. The van der Waals surface area contributed by atoms with Crippen LogP contribution in [0, 0.1) is 0 Å². The quantitative estimate of drug-likeness (QED) is 0.691. The Morgan fingerprint density at radius 3 is 2.37 bits per heavy atom. The molecule has 1 saturated heterocycles. The van der Waals surface area contributed by atoms with Gasteiger partial charge in [0, 0.05) is 32.2 Å². The van der Waals surface area contributed by atoms with Gasteiger partial charge in [0.05, 0.1) is 12.6 Å². The molecule has 1 fully saturated rings. The molecule has 6 heteroatoms. The molecule has 2 amide bonds. The fourth-order valence-electron chi connectivity index (χ4n) is 2.07. The van der Waals surface area contributed by atoms with Crippen LogP contribution in [0.1, 0.15) is 20.8 Å². The number of piperazine rings is 1. The molecule has 6 nitrogen and oxygen atoms in total. The molecule has 1 aliphatic heterocycles. The van der Waals surface area contributed by atoms with Gasteiger partial charge in [0.15, 0.2) is 0 Å². The molecule has 2 N–H and O–H groups in total. The third-order valence-corrected chi connectivity index (χ3v) is 3.29. The molecule has 0 aromatic rings. The molecule has 110 valence electrons. The summed E-state index contributed by atoms with van der Waals surface area (Å²) in [6, 6.07) is -0.143. The van der Waals surface area contributed by atoms with Crippen molar-refractivity contribution in [3.05, 3.63) is 0 Å². The molecule has 1 heterocycles. The maximum atomic E-state index is 12.3. The summed E-state index contributed by atoms with van der Waals surface area (Å²) in [7, 11) is 1.81. The van der Waals surface area contributed by atoms with Crippen molar-refractivity contribution in [2.24, 2.45) is 0 Å². The van der Waals surface area contributed by atoms with Crippen molar-refractivity contribution in [1.29, 1.82) is 0 Å². The summed E-state index contributed by atoms with van der Waals surface area (Å²) in [5, 5.41) is 6.05. The third-order valence-electron chi connectivity index (χ3n) is 3.29. The fourth-order valence-corrected chi connectivity index (χ4v) is 2.07. The predicted octanol–water partition coefficient (Wildman–Crippen LogP) is -0.737. The van der Waals surface area contributed by atoms with Crippen LogP contribution in [0.4, 0.5) is 0 Å². The number of amides is 2. The van der Waals surface area contributed by atoms with E-state index in [-0.39, 0.29) is 30.4 Å². The minimum atomic E-state index is -0.268. The number of carbonyl (C=O) groups excluding carboxylic acids is 2. The second kappa shape index (κ2) is 7.45. The van der Waals surface area contributed by atoms with Gasteiger partial charge < -0.3 is 15.5 Å². The van der Waals surface area contributed by atoms with E-state index < -0.39 is 0 Å². The number of hydrogen-bond donors (Lipinski definition) is 2. The average Bonchev–Trinajstić information content (AvgIpc) is 2.36. The third kappa shape index (κ3) is 5.16. The van der Waals surface area contributed by atoms with E-state index in [0.717, 1.165) is 26.2 Å². The number of nitrogens with zero attached hydrogens (tertiary/aromatic N) is 2. The van der Waals surface area contributed by atoms with Crippen molar-refractivity contribution in [2.75, 3.05) is 39.8 Å². The van der Waals surface area contributed by atoms with Gasteiger partial charge in [-0.1, -0.05) is 0 Å². The highest BCUT2D eigenvalue weighted by atomic mass is 16.2. The van der Waals surface area contributed by atoms with E-state index >= 15 is 0 Å². The van der Waals surface area contributed by atoms with Crippen molar-refractivity contribution in [1.82, 2.24) is 20.4 Å². The zero-order valence-electron chi connectivity index (χ0n) is 12.4. The van der Waals surface area contributed by atoms with Crippen LogP contribution >= 0.6 is 0 Å². The molecule has 1 aliphatic rings. The van der Waals surface area contributed by atoms with Crippen LogP contribution in [0.3, 0.4) is 0 Å². The molecular formula is C13H26N4O2. The topological polar surface area (TPSA) is 64.7 Å². The fraction of sp³-hybridized carbons (Fsp3) is 0.846. The monoisotopic (exact) mass is 270 g/mol. The van der Waals surface area contributed by atoms with E-state index in [0.29, 0.717) is 0 Å². The molecule has 0 radical (unpaired) electrons. The Hall–Kier alpha value is -1.14. The molecular weight excluding hydrogens is 244 g/mol. The van der Waals surface area contributed by atoms with Gasteiger partial charge in [0.25, 0.3) is 0 Å². The van der Waals surface area contributed by atoms with E-state index in [1.54, 1.807) is 4.90 Å². The zero-order valence-corrected chi connectivity index (χ0v) is 12.4. The van der Waals surface area contributed by atoms with E-state index in [2.05, 4.69) is 10.6 Å². The minimum Gasteiger partial charge on any atom is -0.353 e. The summed E-state index contributed by atoms with van der Waals surface area (Å²) in [6.45, 7) is 9.13. The Morgan fingerprint density at radius 1 is 1.26 bits per heavy atom. The summed E-state index contributed by atoms with van der Waals surface area (Å²) in [5.74, 6) is 0.0545. The zero-order chi connectivity index (χ0) is 14.4. The van der Waals surface area contributed by atoms with Gasteiger partial charge in [-0.2, -0.15) is 0 Å². The van der Waals surface area contributed by atoms with Crippen LogP contribution in [-0.2, 0) is 9.59 Å². The van der Waals surface area contributed by atoms with Crippen LogP contribution in [0.25, 0.3) is 0 Å². The first-order chi connectivity index (χ1) is 8.91. The van der Waals surface area contributed by atoms with E-state index in [4.69, 9.17) is 0 Å². The van der Waals surface area contributed by atoms with Crippen molar-refractivity contribution in [3.63, 3.8) is 0 Å². The number of hydrogen-bond acceptors (Lipinski definition) is 4. The second-order valence-electron chi connectivity index (χ2n) is 5.39. The van der Waals surface area contributed by atoms with Crippen LogP contribution in [0.2, 0.25) is 0 Å². The molecule has 0 aromatic heterocycles. The molecule has 0 bridgehead atoms. The van der Waals surface area contributed by atoms with E-state index in [1.165, 1.54) is 0 Å². The van der Waals surface area contributed by atoms with Crippen LogP contribution < -0.4 is 10.6 Å². The lowest BCUT2D eigenvalue weighted by molar-refractivity contribution is -0.137. The minimum absolute atomic E-state index is 0.0440. The van der Waals surface area contributed by atoms with Crippen LogP contribution in [0.15, 0.2) is 0 Å². The summed E-state index contributed by atoms with van der Waals surface area (Å²) in [5.41, 5.74) is 0. The van der Waals surface area contributed by atoms with Gasteiger partial charge in [-0.25, -0.2) is 0 Å². The van der Waals surface area contributed by atoms with Gasteiger partial charge in [0.2, 0.25) is 11.8 Å². The molecule has 0 spiro atoms. The SMILES string of the molecule is CC(C)NC(=O)CN(C)C(C)C(=O)N1CCNCC1. The smallest absolute Gasteiger partial charge is 0.239 e. The standard InChI is InChI=1S/C13H26N4O2/c1-10(2)15-12(18)9-16(4)11(3)13(19)17-7-5-14-6-8-17/h10-11,14H,5-9H2,1-4H3,(H,15,18). The lowest BCUT2D eigenvalue weighted by atomic mass is 10.2. The Kier molecular flexibility index (Phi) is 6.24. The molecule has 1 rings (SSSR count). The average molecular weight is 270 g/mol. The molecule has 0 aliphatic carbocycles. The maximum Gasteiger partial charge on any atom is 0.239 e. The molecule has 19 heavy (non-hydrogen) atoms. The first-order valence-corrected chi connectivity index (χ1v) is 6.91. The Balaban J connectivity index is 2.44. The number of likely N-dealkylation sites (N-methyl/N-ethyl adjacent to an activating group) is 1. The number of rotatable bonds is 5. The summed E-state index contributed by atoms with van der Waals surface area (Å²) >= 11 is 0. The van der Waals surface area contributed by atoms with Crippen molar-refractivity contribution in [2.45, 2.75) is 32.9 Å². The summed E-state index contributed by atoms with van der Waals surface area (Å²) in [4.78, 5) is 27.6. The Labute approximate surface area is 115 Å². The van der Waals surface area contributed by atoms with Crippen LogP contribution in [-0.4, -0.2) is 73.5 Å². The van der Waals surface area contributed by atoms with Crippen molar-refractivity contribution >= 4 is 11.8 Å². The van der Waals surface area contributed by atoms with E-state index in [1.807, 2.05) is 32.7 Å². The van der Waals surface area contributed by atoms with Gasteiger partial charge in [-0.3, -0.25) is 14.5 Å². The van der Waals surface area contributed by atoms with Gasteiger partial charge in [-0.15, -0.1) is 0 Å². The van der Waals surface area contributed by atoms with E-state index in [9.17, 15) is 9.59 Å². The first-order valence-electron chi connectivity index (χ1n) is 6.91. The largest absolute Gasteiger partial charge is 0.353 e. The summed E-state index contributed by atoms with van der Waals surface area (Å²) < 4.78 is 0. The maximum absolute atomic E-state index is 12.3. The lowest BCUT2D eigenvalue weighted by Crippen LogP contribution is -2.53. The van der Waals surface area contributed by atoms with Crippen molar-refractivity contribution in [3.8, 4) is 0 Å². The Bertz CT molecular complexity index is 314. The first kappa shape index (κ1) is 15.9. The molecule has 0 aromatic carbocycles. The number of nitrogens with one attached hydrogen (secondary N) is 2. The van der Waals surface area contributed by atoms with Crippen LogP contribution in [0.5, 0.6) is 0 Å². The van der Waals surface area contributed by atoms with Gasteiger partial charge >= 0.3 is 0 Å². The van der Waals surface area contributed by atoms with Gasteiger partial charge in [0.1, 0.15) is 0 Å². The molecule has 1 unspecified atom stereocenters. The highest BCUT2D eigenvalue weighted by Crippen LogP contribution is 2.03. The molecule has 1 atom stereocenters. The highest BCUT2D eigenvalue weighted by molar-refractivity contribution is 5.83. The van der Waals surface area contributed by atoms with Gasteiger partial charge in [-0.05, 0) is 27.8 Å². The highest BCUT2D eigenvalue weighted by Gasteiger charge is 2.25. The second-order valence-corrected chi connectivity index (χ2v) is 5.39. The predicted molar refractivity (Wildman–Crippen MR) is 74.8 cm³/mol. The van der Waals surface area contributed by atoms with Crippen molar-refractivity contribution < 1.29 is 9.59 Å². The lowest BCUT2D eigenvalue weighted by Gasteiger charge is -2.32. The normalized spacial score (nSPS) is 17.7.